The van der Waals surface area contributed by atoms with Crippen molar-refractivity contribution in [1.29, 1.82) is 10.5 Å². The van der Waals surface area contributed by atoms with Crippen molar-refractivity contribution < 1.29 is 19.8 Å². The number of rotatable bonds is 8. The first-order valence-corrected chi connectivity index (χ1v) is 5.86. The van der Waals surface area contributed by atoms with Gasteiger partial charge in [0.1, 0.15) is 0 Å². The van der Waals surface area contributed by atoms with Gasteiger partial charge < -0.3 is 16.4 Å². The maximum atomic E-state index is 10.5. The molecule has 9 heteroatoms. The number of hydrogen-bond donors (Lipinski definition) is 3. The van der Waals surface area contributed by atoms with Gasteiger partial charge in [0.25, 0.3) is 0 Å². The van der Waals surface area contributed by atoms with Gasteiger partial charge in [-0.15, -0.1) is 0 Å². The number of carboxylic acid groups (broad SMARTS) is 2. The minimum absolute atomic E-state index is 0. The number of aliphatic carboxylic acids is 2. The summed E-state index contributed by atoms with van der Waals surface area (Å²) in [6, 6.07) is 3.69. The summed E-state index contributed by atoms with van der Waals surface area (Å²) in [5, 5.41) is 42.7. The minimum atomic E-state index is -1.35. The second-order valence-electron chi connectivity index (χ2n) is 4.76. The third-order valence-electron chi connectivity index (χ3n) is 2.62. The largest absolute Gasteiger partial charge is 0.481 e. The van der Waals surface area contributed by atoms with E-state index < -0.39 is 23.0 Å². The van der Waals surface area contributed by atoms with Crippen LogP contribution in [0.25, 0.3) is 0 Å². The molecule has 0 spiro atoms. The molecule has 0 rings (SSSR count). The van der Waals surface area contributed by atoms with Gasteiger partial charge in [-0.3, -0.25) is 9.59 Å². The molecule has 0 bridgehead atoms. The summed E-state index contributed by atoms with van der Waals surface area (Å²) >= 11 is 0. The highest BCUT2D eigenvalue weighted by molar-refractivity contribution is 5.67. The van der Waals surface area contributed by atoms with Gasteiger partial charge in [0.15, 0.2) is 11.1 Å². The molecule has 0 saturated carbocycles. The predicted octanol–water partition coefficient (Wildman–Crippen LogP) is 1.89. The van der Waals surface area contributed by atoms with Crippen LogP contribution in [0.5, 0.6) is 0 Å². The Morgan fingerprint density at radius 3 is 1.43 bits per heavy atom. The van der Waals surface area contributed by atoms with Gasteiger partial charge in [-0.1, -0.05) is 0 Å². The molecular formula is C12H19N5O4. The number of hydrogen-bond acceptors (Lipinski definition) is 7. The Hall–Kier alpha value is -2.52. The minimum Gasteiger partial charge on any atom is -0.481 e. The van der Waals surface area contributed by atoms with Crippen molar-refractivity contribution in [2.75, 3.05) is 0 Å². The Labute approximate surface area is 122 Å². The maximum Gasteiger partial charge on any atom is 0.303 e. The molecular weight excluding hydrogens is 278 g/mol. The van der Waals surface area contributed by atoms with Crippen LogP contribution in [0.15, 0.2) is 10.2 Å². The van der Waals surface area contributed by atoms with Crippen LogP contribution < -0.4 is 6.15 Å². The van der Waals surface area contributed by atoms with Gasteiger partial charge in [0.05, 0.1) is 12.1 Å². The monoisotopic (exact) mass is 297 g/mol. The van der Waals surface area contributed by atoms with Crippen LogP contribution in [-0.2, 0) is 9.59 Å². The maximum absolute atomic E-state index is 10.5. The zero-order valence-electron chi connectivity index (χ0n) is 12.0. The molecule has 0 saturated heterocycles. The van der Waals surface area contributed by atoms with E-state index in [0.717, 1.165) is 0 Å². The van der Waals surface area contributed by atoms with E-state index in [1.807, 2.05) is 12.1 Å². The zero-order chi connectivity index (χ0) is 15.8. The van der Waals surface area contributed by atoms with Crippen molar-refractivity contribution in [3.05, 3.63) is 0 Å². The van der Waals surface area contributed by atoms with Gasteiger partial charge in [-0.2, -0.15) is 20.8 Å². The van der Waals surface area contributed by atoms with Crippen molar-refractivity contribution in [1.82, 2.24) is 6.15 Å². The molecule has 0 aliphatic carbocycles. The molecule has 2 atom stereocenters. The number of azo groups is 1. The summed E-state index contributed by atoms with van der Waals surface area (Å²) in [4.78, 5) is 21.0. The topological polar surface area (TPSA) is 182 Å². The second-order valence-corrected chi connectivity index (χ2v) is 4.76. The SMILES string of the molecule is CC(C#N)(CCC(=O)O)N=NC(C)(C#N)CCC(=O)O.N. The first kappa shape index (κ1) is 20.8. The number of nitrogens with zero attached hydrogens (tertiary/aromatic N) is 4. The standard InChI is InChI=1S/C12H16N4O4.H3N/c1-11(7-13,5-3-9(17)18)15-16-12(2,8-14)6-4-10(19)20;/h3-6H2,1-2H3,(H,17,18)(H,19,20);1H3. The smallest absolute Gasteiger partial charge is 0.303 e. The van der Waals surface area contributed by atoms with E-state index >= 15 is 0 Å². The first-order chi connectivity index (χ1) is 9.16. The molecule has 0 aromatic rings. The highest BCUT2D eigenvalue weighted by atomic mass is 16.4. The lowest BCUT2D eigenvalue weighted by Crippen LogP contribution is -2.25. The average molecular weight is 297 g/mol. The van der Waals surface area contributed by atoms with Crippen LogP contribution in [0, 0.1) is 22.7 Å². The highest BCUT2D eigenvalue weighted by Crippen LogP contribution is 2.23. The molecule has 0 aromatic carbocycles. The van der Waals surface area contributed by atoms with Crippen molar-refractivity contribution in [2.45, 2.75) is 50.6 Å². The highest BCUT2D eigenvalue weighted by Gasteiger charge is 2.29. The molecule has 0 fully saturated rings. The molecule has 9 nitrogen and oxygen atoms in total. The van der Waals surface area contributed by atoms with Crippen molar-refractivity contribution in [2.24, 2.45) is 10.2 Å². The molecule has 0 aliphatic heterocycles. The van der Waals surface area contributed by atoms with Gasteiger partial charge in [0.2, 0.25) is 0 Å². The Morgan fingerprint density at radius 1 is 0.952 bits per heavy atom. The lowest BCUT2D eigenvalue weighted by atomic mass is 9.97. The Morgan fingerprint density at radius 2 is 1.24 bits per heavy atom. The van der Waals surface area contributed by atoms with Crippen LogP contribution in [0.2, 0.25) is 0 Å². The lowest BCUT2D eigenvalue weighted by molar-refractivity contribution is -0.138. The summed E-state index contributed by atoms with van der Waals surface area (Å²) in [6.07, 6.45) is -0.575. The van der Waals surface area contributed by atoms with Gasteiger partial charge in [-0.05, 0) is 26.7 Å². The second kappa shape index (κ2) is 8.61. The molecule has 0 heterocycles. The van der Waals surface area contributed by atoms with Crippen molar-refractivity contribution >= 4 is 11.9 Å². The van der Waals surface area contributed by atoms with Crippen LogP contribution >= 0.6 is 0 Å². The molecule has 5 N–H and O–H groups in total. The van der Waals surface area contributed by atoms with Crippen molar-refractivity contribution in [3.8, 4) is 12.1 Å². The summed E-state index contributed by atoms with van der Waals surface area (Å²) in [6.45, 7) is 2.82. The van der Waals surface area contributed by atoms with Crippen LogP contribution in [-0.4, -0.2) is 33.2 Å². The van der Waals surface area contributed by atoms with Crippen molar-refractivity contribution in [3.63, 3.8) is 0 Å². The normalized spacial score (nSPS) is 15.8. The molecule has 0 amide bonds. The average Bonchev–Trinajstić information content (AvgIpc) is 2.41. The Balaban J connectivity index is 0. The third-order valence-corrected chi connectivity index (χ3v) is 2.62. The van der Waals surface area contributed by atoms with Crippen LogP contribution in [0.1, 0.15) is 39.5 Å². The fraction of sp³-hybridized carbons (Fsp3) is 0.667. The number of carboxylic acids is 2. The van der Waals surface area contributed by atoms with E-state index in [1.165, 1.54) is 13.8 Å². The van der Waals surface area contributed by atoms with Crippen LogP contribution in [0.4, 0.5) is 0 Å². The predicted molar refractivity (Wildman–Crippen MR) is 71.7 cm³/mol. The van der Waals surface area contributed by atoms with E-state index in [9.17, 15) is 9.59 Å². The third kappa shape index (κ3) is 8.29. The number of carbonyl (C=O) groups is 2. The quantitative estimate of drug-likeness (QED) is 0.571. The summed E-state index contributed by atoms with van der Waals surface area (Å²) < 4.78 is 0. The fourth-order valence-electron chi connectivity index (χ4n) is 1.18. The van der Waals surface area contributed by atoms with Crippen LogP contribution in [0.3, 0.4) is 0 Å². The van der Waals surface area contributed by atoms with E-state index in [-0.39, 0.29) is 31.8 Å². The zero-order valence-corrected chi connectivity index (χ0v) is 12.0. The number of nitriles is 2. The Kier molecular flexibility index (Phi) is 8.53. The van der Waals surface area contributed by atoms with Gasteiger partial charge in [0, 0.05) is 12.8 Å². The molecule has 21 heavy (non-hydrogen) atoms. The summed E-state index contributed by atoms with van der Waals surface area (Å²) in [7, 11) is 0. The van der Waals surface area contributed by atoms with E-state index in [4.69, 9.17) is 20.7 Å². The summed E-state index contributed by atoms with van der Waals surface area (Å²) in [5.74, 6) is -2.12. The Bertz CT molecular complexity index is 449. The molecule has 0 radical (unpaired) electrons. The van der Waals surface area contributed by atoms with E-state index in [1.54, 1.807) is 0 Å². The fourth-order valence-corrected chi connectivity index (χ4v) is 1.18. The lowest BCUT2D eigenvalue weighted by Gasteiger charge is -2.18. The molecule has 0 aromatic heterocycles. The van der Waals surface area contributed by atoms with Gasteiger partial charge in [-0.25, -0.2) is 0 Å². The van der Waals surface area contributed by atoms with E-state index in [0.29, 0.717) is 0 Å². The first-order valence-electron chi connectivity index (χ1n) is 5.86. The summed E-state index contributed by atoms with van der Waals surface area (Å²) in [5.41, 5.74) is -2.69. The molecule has 0 aliphatic rings. The molecule has 2 unspecified atom stereocenters. The van der Waals surface area contributed by atoms with E-state index in [2.05, 4.69) is 10.2 Å². The van der Waals surface area contributed by atoms with Gasteiger partial charge >= 0.3 is 11.9 Å². The molecule has 116 valence electrons.